The minimum atomic E-state index is -0.436. The number of ether oxygens (including phenoxy) is 1. The first kappa shape index (κ1) is 20.9. The lowest BCUT2D eigenvalue weighted by molar-refractivity contribution is -0.115. The van der Waals surface area contributed by atoms with Crippen molar-refractivity contribution in [2.24, 2.45) is 0 Å². The maximum atomic E-state index is 12.0. The molecule has 2 saturated heterocycles. The van der Waals surface area contributed by atoms with Crippen molar-refractivity contribution in [1.82, 2.24) is 25.3 Å². The molecule has 5 rings (SSSR count). The molecule has 166 valence electrons. The van der Waals surface area contributed by atoms with Gasteiger partial charge in [0.2, 0.25) is 11.8 Å². The number of benzene rings is 1. The predicted molar refractivity (Wildman–Crippen MR) is 124 cm³/mol. The fraction of sp³-hybridized carbons (Fsp3) is 0.182. The lowest BCUT2D eigenvalue weighted by Gasteiger charge is -2.35. The molecule has 0 atom stereocenters. The summed E-state index contributed by atoms with van der Waals surface area (Å²) in [6.07, 6.45) is 6.68. The van der Waals surface area contributed by atoms with E-state index in [1.54, 1.807) is 24.5 Å². The Labute approximate surface area is 193 Å². The molecule has 0 spiro atoms. The largest absolute Gasteiger partial charge is 0.439 e. The Bertz CT molecular complexity index is 1200. The van der Waals surface area contributed by atoms with Gasteiger partial charge in [-0.25, -0.2) is 15.0 Å². The summed E-state index contributed by atoms with van der Waals surface area (Å²) < 4.78 is 5.95. The number of aromatic nitrogens is 4. The molecule has 1 N–H and O–H groups in total. The third-order valence-corrected chi connectivity index (χ3v) is 5.88. The van der Waals surface area contributed by atoms with Gasteiger partial charge in [-0.1, -0.05) is 18.2 Å². The third-order valence-electron chi connectivity index (χ3n) is 5.07. The lowest BCUT2D eigenvalue weighted by atomic mass is 10.3. The van der Waals surface area contributed by atoms with Crippen LogP contribution in [0.5, 0.6) is 11.6 Å². The van der Waals surface area contributed by atoms with Crippen molar-refractivity contribution in [1.29, 1.82) is 0 Å². The van der Waals surface area contributed by atoms with E-state index in [9.17, 15) is 9.59 Å². The number of para-hydroxylation sites is 1. The molecular weight excluding hydrogens is 442 g/mol. The van der Waals surface area contributed by atoms with Gasteiger partial charge in [0, 0.05) is 32.2 Å². The molecule has 3 aromatic rings. The highest BCUT2D eigenvalue weighted by Crippen LogP contribution is 2.28. The lowest BCUT2D eigenvalue weighted by Crippen LogP contribution is -2.47. The van der Waals surface area contributed by atoms with Crippen LogP contribution >= 0.6 is 11.8 Å². The molecule has 2 fully saturated rings. The number of anilines is 2. The topological polar surface area (TPSA) is 113 Å². The highest BCUT2D eigenvalue weighted by atomic mass is 32.2. The van der Waals surface area contributed by atoms with Gasteiger partial charge in [-0.15, -0.1) is 0 Å². The normalized spacial score (nSPS) is 17.4. The van der Waals surface area contributed by atoms with Crippen molar-refractivity contribution in [2.75, 3.05) is 36.0 Å². The molecule has 2 amide bonds. The van der Waals surface area contributed by atoms with Crippen LogP contribution < -0.4 is 19.9 Å². The van der Waals surface area contributed by atoms with Crippen molar-refractivity contribution >= 4 is 40.6 Å². The van der Waals surface area contributed by atoms with E-state index in [1.807, 2.05) is 30.3 Å². The Morgan fingerprint density at radius 1 is 0.970 bits per heavy atom. The summed E-state index contributed by atoms with van der Waals surface area (Å²) in [5.74, 6) is 1.05. The molecule has 0 bridgehead atoms. The number of carbonyl (C=O) groups excluding carboxylic acids is 2. The molecule has 0 aliphatic carbocycles. The predicted octanol–water partition coefficient (Wildman–Crippen LogP) is 2.71. The van der Waals surface area contributed by atoms with E-state index < -0.39 is 11.1 Å². The fourth-order valence-corrected chi connectivity index (χ4v) is 4.15. The number of nitrogens with one attached hydrogen (secondary N) is 1. The maximum absolute atomic E-state index is 12.0. The first-order valence-corrected chi connectivity index (χ1v) is 11.1. The second kappa shape index (κ2) is 9.25. The minimum absolute atomic E-state index is 0.282. The smallest absolute Gasteiger partial charge is 0.290 e. The molecule has 0 saturated carbocycles. The molecule has 11 heteroatoms. The Morgan fingerprint density at radius 2 is 1.70 bits per heavy atom. The summed E-state index contributed by atoms with van der Waals surface area (Å²) in [4.78, 5) is 45.5. The number of carbonyl (C=O) groups is 2. The van der Waals surface area contributed by atoms with Gasteiger partial charge in [0.1, 0.15) is 12.1 Å². The second-order valence-electron chi connectivity index (χ2n) is 7.27. The fourth-order valence-electron chi connectivity index (χ4n) is 3.48. The number of nitrogens with zero attached hydrogens (tertiary/aromatic N) is 6. The van der Waals surface area contributed by atoms with Crippen LogP contribution in [0.4, 0.5) is 16.4 Å². The van der Waals surface area contributed by atoms with Crippen LogP contribution in [0, 0.1) is 0 Å². The van der Waals surface area contributed by atoms with Crippen LogP contribution in [0.1, 0.15) is 5.69 Å². The van der Waals surface area contributed by atoms with Crippen molar-refractivity contribution in [3.63, 3.8) is 0 Å². The number of hydrogen-bond acceptors (Lipinski definition) is 10. The molecular formula is C22H19N7O3S. The minimum Gasteiger partial charge on any atom is -0.439 e. The summed E-state index contributed by atoms with van der Waals surface area (Å²) in [6, 6.07) is 11.0. The number of piperazine rings is 1. The van der Waals surface area contributed by atoms with Crippen molar-refractivity contribution in [3.8, 4) is 11.6 Å². The summed E-state index contributed by atoms with van der Waals surface area (Å²) >= 11 is 0.846. The van der Waals surface area contributed by atoms with Gasteiger partial charge < -0.3 is 14.5 Å². The van der Waals surface area contributed by atoms with E-state index in [4.69, 9.17) is 4.74 Å². The molecule has 0 unspecified atom stereocenters. The maximum Gasteiger partial charge on any atom is 0.290 e. The van der Waals surface area contributed by atoms with Gasteiger partial charge in [-0.05, 0) is 30.0 Å². The van der Waals surface area contributed by atoms with E-state index >= 15 is 0 Å². The van der Waals surface area contributed by atoms with Crippen LogP contribution in [-0.2, 0) is 4.79 Å². The van der Waals surface area contributed by atoms with E-state index in [0.29, 0.717) is 36.4 Å². The number of amides is 2. The van der Waals surface area contributed by atoms with Gasteiger partial charge in [-0.2, -0.15) is 4.98 Å². The van der Waals surface area contributed by atoms with Gasteiger partial charge in [-0.3, -0.25) is 14.9 Å². The molecule has 10 nitrogen and oxygen atoms in total. The van der Waals surface area contributed by atoms with Crippen LogP contribution in [0.15, 0.2) is 60.0 Å². The summed E-state index contributed by atoms with van der Waals surface area (Å²) in [5, 5.41) is 1.86. The van der Waals surface area contributed by atoms with Crippen LogP contribution in [0.2, 0.25) is 0 Å². The SMILES string of the molecule is O=C1NC(=O)C(=Cc2cc(Oc3ccccc3)nc(N3CCN(c4cncnc4)CC3)n2)S1. The van der Waals surface area contributed by atoms with E-state index in [0.717, 1.165) is 30.5 Å². The molecule has 2 aliphatic rings. The Balaban J connectivity index is 1.41. The number of thioether (sulfide) groups is 1. The summed E-state index contributed by atoms with van der Waals surface area (Å²) in [6.45, 7) is 2.88. The highest BCUT2D eigenvalue weighted by molar-refractivity contribution is 8.18. The van der Waals surface area contributed by atoms with Gasteiger partial charge in [0.25, 0.3) is 11.1 Å². The monoisotopic (exact) mass is 461 g/mol. The summed E-state index contributed by atoms with van der Waals surface area (Å²) in [7, 11) is 0. The average molecular weight is 462 g/mol. The quantitative estimate of drug-likeness (QED) is 0.569. The van der Waals surface area contributed by atoms with E-state index in [1.165, 1.54) is 6.33 Å². The second-order valence-corrected chi connectivity index (χ2v) is 8.28. The first-order chi connectivity index (χ1) is 16.1. The molecule has 0 radical (unpaired) electrons. The highest BCUT2D eigenvalue weighted by Gasteiger charge is 2.26. The van der Waals surface area contributed by atoms with Crippen molar-refractivity contribution in [3.05, 3.63) is 65.7 Å². The van der Waals surface area contributed by atoms with Gasteiger partial charge >= 0.3 is 0 Å². The van der Waals surface area contributed by atoms with Crippen LogP contribution in [0.25, 0.3) is 6.08 Å². The molecule has 2 aliphatic heterocycles. The van der Waals surface area contributed by atoms with Gasteiger partial charge in [0.15, 0.2) is 0 Å². The zero-order valence-electron chi connectivity index (χ0n) is 17.4. The number of hydrogen-bond donors (Lipinski definition) is 1. The third kappa shape index (κ3) is 4.93. The first-order valence-electron chi connectivity index (χ1n) is 10.3. The molecule has 33 heavy (non-hydrogen) atoms. The Kier molecular flexibility index (Phi) is 5.85. The zero-order chi connectivity index (χ0) is 22.6. The molecule has 2 aromatic heterocycles. The van der Waals surface area contributed by atoms with Crippen molar-refractivity contribution in [2.45, 2.75) is 0 Å². The van der Waals surface area contributed by atoms with Gasteiger partial charge in [0.05, 0.1) is 28.7 Å². The number of imide groups is 1. The zero-order valence-corrected chi connectivity index (χ0v) is 18.2. The standard InChI is InChI=1S/C22H19N7O3S/c30-20-18(33-22(31)27-20)10-15-11-19(32-17-4-2-1-3-5-17)26-21(25-15)29-8-6-28(7-9-29)16-12-23-14-24-13-16/h1-5,10-14H,6-9H2,(H,27,30,31). The van der Waals surface area contributed by atoms with E-state index in [2.05, 4.69) is 35.1 Å². The summed E-state index contributed by atoms with van der Waals surface area (Å²) in [5.41, 5.74) is 1.45. The average Bonchev–Trinajstić information content (AvgIpc) is 3.16. The van der Waals surface area contributed by atoms with Crippen LogP contribution in [0.3, 0.4) is 0 Å². The van der Waals surface area contributed by atoms with E-state index in [-0.39, 0.29) is 4.91 Å². The Hall–Kier alpha value is -3.99. The molecule has 1 aromatic carbocycles. The number of rotatable bonds is 5. The van der Waals surface area contributed by atoms with Crippen molar-refractivity contribution < 1.29 is 14.3 Å². The molecule has 4 heterocycles. The Morgan fingerprint density at radius 3 is 2.39 bits per heavy atom. The van der Waals surface area contributed by atoms with Crippen LogP contribution in [-0.4, -0.2) is 57.3 Å².